The van der Waals surface area contributed by atoms with E-state index in [9.17, 15) is 19.2 Å². The quantitative estimate of drug-likeness (QED) is 0.400. The summed E-state index contributed by atoms with van der Waals surface area (Å²) >= 11 is 11.9. The summed E-state index contributed by atoms with van der Waals surface area (Å²) in [4.78, 5) is 49.6. The van der Waals surface area contributed by atoms with Gasteiger partial charge in [-0.05, 0) is 61.0 Å². The Bertz CT molecular complexity index is 1380. The second kappa shape index (κ2) is 8.57. The number of hydrogen-bond donors (Lipinski definition) is 2. The number of imide groups is 2. The van der Waals surface area contributed by atoms with Gasteiger partial charge in [0.1, 0.15) is 17.1 Å². The van der Waals surface area contributed by atoms with E-state index in [1.54, 1.807) is 25.1 Å². The number of carboxylic acid groups (broad SMARTS) is 1. The van der Waals surface area contributed by atoms with Gasteiger partial charge in [0.15, 0.2) is 0 Å². The van der Waals surface area contributed by atoms with Crippen LogP contribution in [0.4, 0.5) is 10.5 Å². The average Bonchev–Trinajstić information content (AvgIpc) is 3.21. The van der Waals surface area contributed by atoms with Crippen LogP contribution in [0.5, 0.6) is 0 Å². The third kappa shape index (κ3) is 4.26. The van der Waals surface area contributed by atoms with Crippen molar-refractivity contribution >= 4 is 58.8 Å². The van der Waals surface area contributed by atoms with Gasteiger partial charge in [-0.15, -0.1) is 0 Å². The molecule has 0 unspecified atom stereocenters. The minimum absolute atomic E-state index is 0.136. The molecule has 4 amide bonds. The van der Waals surface area contributed by atoms with Crippen LogP contribution in [0.2, 0.25) is 10.0 Å². The summed E-state index contributed by atoms with van der Waals surface area (Å²) in [6.07, 6.45) is 1.22. The van der Waals surface area contributed by atoms with Gasteiger partial charge in [-0.3, -0.25) is 14.9 Å². The van der Waals surface area contributed by atoms with E-state index in [1.807, 2.05) is 0 Å². The Labute approximate surface area is 197 Å². The lowest BCUT2D eigenvalue weighted by molar-refractivity contribution is -0.122. The number of hydrogen-bond acceptors (Lipinski definition) is 5. The van der Waals surface area contributed by atoms with Crippen LogP contribution >= 0.6 is 23.2 Å². The molecule has 166 valence electrons. The summed E-state index contributed by atoms with van der Waals surface area (Å²) in [7, 11) is 0. The molecule has 0 spiro atoms. The summed E-state index contributed by atoms with van der Waals surface area (Å²) in [5.74, 6) is -2.17. The molecule has 2 heterocycles. The molecule has 0 aliphatic carbocycles. The van der Waals surface area contributed by atoms with Gasteiger partial charge in [-0.25, -0.2) is 14.5 Å². The van der Waals surface area contributed by atoms with Gasteiger partial charge < -0.3 is 9.52 Å². The zero-order valence-corrected chi connectivity index (χ0v) is 18.4. The lowest BCUT2D eigenvalue weighted by atomic mass is 10.0. The number of carbonyl (C=O) groups excluding carboxylic acids is 3. The first-order valence-corrected chi connectivity index (χ1v) is 10.2. The number of nitrogens with zero attached hydrogens (tertiary/aromatic N) is 1. The minimum atomic E-state index is -1.04. The molecule has 1 aromatic heterocycles. The van der Waals surface area contributed by atoms with Crippen molar-refractivity contribution in [3.63, 3.8) is 0 Å². The number of benzene rings is 2. The van der Waals surface area contributed by atoms with Crippen molar-refractivity contribution in [3.05, 3.63) is 81.0 Å². The smallest absolute Gasteiger partial charge is 0.335 e. The molecule has 2 aromatic carbocycles. The molecular formula is C23H14Cl2N2O6. The highest BCUT2D eigenvalue weighted by Gasteiger charge is 2.37. The normalized spacial score (nSPS) is 15.2. The van der Waals surface area contributed by atoms with Gasteiger partial charge in [0.2, 0.25) is 0 Å². The summed E-state index contributed by atoms with van der Waals surface area (Å²) in [6, 6.07) is 11.0. The predicted molar refractivity (Wildman–Crippen MR) is 121 cm³/mol. The molecule has 2 N–H and O–H groups in total. The van der Waals surface area contributed by atoms with Crippen LogP contribution in [0.3, 0.4) is 0 Å². The van der Waals surface area contributed by atoms with Gasteiger partial charge in [-0.2, -0.15) is 0 Å². The van der Waals surface area contributed by atoms with E-state index in [0.29, 0.717) is 16.9 Å². The van der Waals surface area contributed by atoms with E-state index in [-0.39, 0.29) is 32.6 Å². The van der Waals surface area contributed by atoms with Crippen LogP contribution in [-0.2, 0) is 9.59 Å². The van der Waals surface area contributed by atoms with Crippen molar-refractivity contribution in [2.24, 2.45) is 0 Å². The molecule has 1 saturated heterocycles. The number of anilines is 1. The molecule has 33 heavy (non-hydrogen) atoms. The lowest BCUT2D eigenvalue weighted by Crippen LogP contribution is -2.54. The van der Waals surface area contributed by atoms with Crippen molar-refractivity contribution in [2.75, 3.05) is 4.90 Å². The second-order valence-electron chi connectivity index (χ2n) is 7.09. The first kappa shape index (κ1) is 22.3. The fourth-order valence-electron chi connectivity index (χ4n) is 3.31. The van der Waals surface area contributed by atoms with Crippen molar-refractivity contribution < 1.29 is 28.7 Å². The molecule has 1 aliphatic heterocycles. The van der Waals surface area contributed by atoms with Gasteiger partial charge in [0, 0.05) is 5.56 Å². The van der Waals surface area contributed by atoms with Crippen LogP contribution in [0.25, 0.3) is 17.4 Å². The number of halogens is 2. The Kier molecular flexibility index (Phi) is 5.80. The second-order valence-corrected chi connectivity index (χ2v) is 7.91. The molecule has 0 bridgehead atoms. The standard InChI is InChI=1S/C23H14Cl2N2O6/c1-11-8-12(22(30)31)2-5-15(11)19-7-4-14(33-19)10-16-20(28)26-23(32)27(21(16)29)13-3-6-17(24)18(25)9-13/h2-10H,1H3,(H,30,31)(H,26,28,32)/b16-10+. The summed E-state index contributed by atoms with van der Waals surface area (Å²) in [5, 5.41) is 11.6. The number of amides is 4. The van der Waals surface area contributed by atoms with Crippen LogP contribution in [0.1, 0.15) is 21.7 Å². The molecule has 3 aromatic rings. The predicted octanol–water partition coefficient (Wildman–Crippen LogP) is 4.93. The molecule has 1 aliphatic rings. The highest BCUT2D eigenvalue weighted by Crippen LogP contribution is 2.31. The third-order valence-electron chi connectivity index (χ3n) is 4.92. The average molecular weight is 485 g/mol. The highest BCUT2D eigenvalue weighted by atomic mass is 35.5. The Hall–Kier alpha value is -3.88. The first-order chi connectivity index (χ1) is 15.7. The molecule has 0 atom stereocenters. The molecule has 10 heteroatoms. The third-order valence-corrected chi connectivity index (χ3v) is 5.65. The molecular weight excluding hydrogens is 471 g/mol. The topological polar surface area (TPSA) is 117 Å². The van der Waals surface area contributed by atoms with E-state index in [1.165, 1.54) is 36.4 Å². The van der Waals surface area contributed by atoms with E-state index >= 15 is 0 Å². The Morgan fingerprint density at radius 1 is 1.03 bits per heavy atom. The zero-order chi connectivity index (χ0) is 23.9. The Balaban J connectivity index is 1.67. The number of barbiturate groups is 1. The first-order valence-electron chi connectivity index (χ1n) is 9.46. The molecule has 4 rings (SSSR count). The molecule has 1 fully saturated rings. The molecule has 0 saturated carbocycles. The van der Waals surface area contributed by atoms with Crippen molar-refractivity contribution in [2.45, 2.75) is 6.92 Å². The fraction of sp³-hybridized carbons (Fsp3) is 0.0435. The lowest BCUT2D eigenvalue weighted by Gasteiger charge is -2.26. The summed E-state index contributed by atoms with van der Waals surface area (Å²) in [6.45, 7) is 1.74. The SMILES string of the molecule is Cc1cc(C(=O)O)ccc1-c1ccc(/C=C2\C(=O)NC(=O)N(c3ccc(Cl)c(Cl)c3)C2=O)o1. The van der Waals surface area contributed by atoms with E-state index in [4.69, 9.17) is 32.7 Å². The van der Waals surface area contributed by atoms with Crippen LogP contribution in [0.15, 0.2) is 58.5 Å². The summed E-state index contributed by atoms with van der Waals surface area (Å²) in [5.41, 5.74) is 1.28. The number of carbonyl (C=O) groups is 4. The largest absolute Gasteiger partial charge is 0.478 e. The van der Waals surface area contributed by atoms with Crippen molar-refractivity contribution in [1.82, 2.24) is 5.32 Å². The number of urea groups is 1. The minimum Gasteiger partial charge on any atom is -0.478 e. The van der Waals surface area contributed by atoms with E-state index in [0.717, 1.165) is 4.90 Å². The zero-order valence-electron chi connectivity index (χ0n) is 16.9. The number of aromatic carboxylic acids is 1. The maximum absolute atomic E-state index is 13.0. The van der Waals surface area contributed by atoms with Crippen molar-refractivity contribution in [3.8, 4) is 11.3 Å². The number of rotatable bonds is 4. The monoisotopic (exact) mass is 484 g/mol. The number of carboxylic acids is 1. The maximum Gasteiger partial charge on any atom is 0.335 e. The Morgan fingerprint density at radius 3 is 2.45 bits per heavy atom. The van der Waals surface area contributed by atoms with Crippen LogP contribution in [-0.4, -0.2) is 28.9 Å². The molecule has 0 radical (unpaired) electrons. The van der Waals surface area contributed by atoms with Crippen molar-refractivity contribution in [1.29, 1.82) is 0 Å². The highest BCUT2D eigenvalue weighted by molar-refractivity contribution is 6.43. The Morgan fingerprint density at radius 2 is 1.79 bits per heavy atom. The summed E-state index contributed by atoms with van der Waals surface area (Å²) < 4.78 is 5.75. The van der Waals surface area contributed by atoms with Gasteiger partial charge in [0.05, 0.1) is 21.3 Å². The number of furan rings is 1. The fourth-order valence-corrected chi connectivity index (χ4v) is 3.60. The van der Waals surface area contributed by atoms with E-state index in [2.05, 4.69) is 5.32 Å². The van der Waals surface area contributed by atoms with Gasteiger partial charge in [-0.1, -0.05) is 29.3 Å². The number of nitrogens with one attached hydrogen (secondary N) is 1. The van der Waals surface area contributed by atoms with E-state index < -0.39 is 23.8 Å². The van der Waals surface area contributed by atoms with Gasteiger partial charge in [0.25, 0.3) is 11.8 Å². The van der Waals surface area contributed by atoms with Gasteiger partial charge >= 0.3 is 12.0 Å². The van der Waals surface area contributed by atoms with Crippen LogP contribution in [0, 0.1) is 6.92 Å². The number of aryl methyl sites for hydroxylation is 1. The maximum atomic E-state index is 13.0. The molecule has 8 nitrogen and oxygen atoms in total. The van der Waals surface area contributed by atoms with Crippen LogP contribution < -0.4 is 10.2 Å².